The molecule has 0 heterocycles. The molecule has 0 aromatic heterocycles. The van der Waals surface area contributed by atoms with Gasteiger partial charge in [-0.1, -0.05) is 6.42 Å². The van der Waals surface area contributed by atoms with Gasteiger partial charge in [-0.2, -0.15) is 0 Å². The van der Waals surface area contributed by atoms with Crippen molar-refractivity contribution < 1.29 is 4.79 Å². The largest absolute Gasteiger partial charge is 0.369 e. The van der Waals surface area contributed by atoms with Crippen LogP contribution in [0.3, 0.4) is 0 Å². The predicted octanol–water partition coefficient (Wildman–Crippen LogP) is 1.03. The molecule has 0 aromatic rings. The Kier molecular flexibility index (Phi) is 2.96. The van der Waals surface area contributed by atoms with Gasteiger partial charge >= 0.3 is 0 Å². The van der Waals surface area contributed by atoms with Crippen molar-refractivity contribution in [2.45, 2.75) is 51.6 Å². The first-order valence-electron chi connectivity index (χ1n) is 4.97. The summed E-state index contributed by atoms with van der Waals surface area (Å²) >= 11 is 0. The minimum atomic E-state index is -0.153. The van der Waals surface area contributed by atoms with E-state index in [9.17, 15) is 4.79 Å². The van der Waals surface area contributed by atoms with Gasteiger partial charge in [0.1, 0.15) is 0 Å². The van der Waals surface area contributed by atoms with Crippen molar-refractivity contribution in [3.63, 3.8) is 0 Å². The molecule has 1 rings (SSSR count). The number of primary amides is 1. The van der Waals surface area contributed by atoms with E-state index < -0.39 is 0 Å². The first-order chi connectivity index (χ1) is 5.90. The monoisotopic (exact) mass is 184 g/mol. The van der Waals surface area contributed by atoms with Crippen molar-refractivity contribution in [3.8, 4) is 0 Å². The average Bonchev–Trinajstić information content (AvgIpc) is 2.31. The standard InChI is InChI=1S/C10H20N2O/c1-10(2,3)12-8-6-4-5-7(8)9(11)13/h7-8,12H,4-6H2,1-3H3,(H2,11,13)/t7-,8-/m1/s1. The smallest absolute Gasteiger partial charge is 0.222 e. The lowest BCUT2D eigenvalue weighted by Crippen LogP contribution is -2.48. The van der Waals surface area contributed by atoms with E-state index >= 15 is 0 Å². The molecule has 0 radical (unpaired) electrons. The summed E-state index contributed by atoms with van der Waals surface area (Å²) in [5.74, 6) is -0.113. The maximum absolute atomic E-state index is 11.1. The molecule has 0 unspecified atom stereocenters. The van der Waals surface area contributed by atoms with Crippen LogP contribution < -0.4 is 11.1 Å². The Balaban J connectivity index is 2.54. The Morgan fingerprint density at radius 1 is 1.38 bits per heavy atom. The van der Waals surface area contributed by atoms with Gasteiger partial charge in [0, 0.05) is 11.6 Å². The van der Waals surface area contributed by atoms with Crippen molar-refractivity contribution >= 4 is 5.91 Å². The third-order valence-corrected chi connectivity index (χ3v) is 2.50. The third kappa shape index (κ3) is 2.99. The van der Waals surface area contributed by atoms with Crippen LogP contribution in [-0.2, 0) is 4.79 Å². The molecular weight excluding hydrogens is 164 g/mol. The number of carbonyl (C=O) groups excluding carboxylic acids is 1. The molecule has 1 fully saturated rings. The maximum Gasteiger partial charge on any atom is 0.222 e. The van der Waals surface area contributed by atoms with Gasteiger partial charge in [0.2, 0.25) is 5.91 Å². The van der Waals surface area contributed by atoms with Crippen molar-refractivity contribution in [1.29, 1.82) is 0 Å². The highest BCUT2D eigenvalue weighted by Gasteiger charge is 2.33. The third-order valence-electron chi connectivity index (χ3n) is 2.50. The molecule has 3 N–H and O–H groups in total. The van der Waals surface area contributed by atoms with E-state index in [1.165, 1.54) is 0 Å². The van der Waals surface area contributed by atoms with Crippen LogP contribution in [0.5, 0.6) is 0 Å². The molecule has 3 nitrogen and oxygen atoms in total. The fourth-order valence-electron chi connectivity index (χ4n) is 2.03. The van der Waals surface area contributed by atoms with Crippen LogP contribution in [0.15, 0.2) is 0 Å². The second kappa shape index (κ2) is 3.66. The Morgan fingerprint density at radius 2 is 2.00 bits per heavy atom. The molecule has 76 valence electrons. The second-order valence-electron chi connectivity index (χ2n) is 4.94. The lowest BCUT2D eigenvalue weighted by molar-refractivity contribution is -0.122. The summed E-state index contributed by atoms with van der Waals surface area (Å²) in [6.45, 7) is 6.34. The number of nitrogens with two attached hydrogens (primary N) is 1. The summed E-state index contributed by atoms with van der Waals surface area (Å²) in [6.07, 6.45) is 3.13. The van der Waals surface area contributed by atoms with Gasteiger partial charge in [0.25, 0.3) is 0 Å². The lowest BCUT2D eigenvalue weighted by atomic mass is 9.99. The molecular formula is C10H20N2O. The number of amides is 1. The zero-order chi connectivity index (χ0) is 10.1. The molecule has 0 spiro atoms. The first-order valence-corrected chi connectivity index (χ1v) is 4.97. The van der Waals surface area contributed by atoms with Crippen LogP contribution in [0.2, 0.25) is 0 Å². The van der Waals surface area contributed by atoms with Crippen LogP contribution in [0.1, 0.15) is 40.0 Å². The summed E-state index contributed by atoms with van der Waals surface area (Å²) in [5.41, 5.74) is 5.40. The van der Waals surface area contributed by atoms with Crippen molar-refractivity contribution in [3.05, 3.63) is 0 Å². The topological polar surface area (TPSA) is 55.1 Å². The van der Waals surface area contributed by atoms with E-state index in [1.807, 2.05) is 0 Å². The number of carbonyl (C=O) groups is 1. The summed E-state index contributed by atoms with van der Waals surface area (Å²) in [7, 11) is 0. The minimum absolute atomic E-state index is 0.0409. The zero-order valence-electron chi connectivity index (χ0n) is 8.76. The zero-order valence-corrected chi connectivity index (χ0v) is 8.76. The molecule has 1 aliphatic rings. The van der Waals surface area contributed by atoms with E-state index in [0.717, 1.165) is 19.3 Å². The van der Waals surface area contributed by atoms with Gasteiger partial charge in [-0.05, 0) is 33.6 Å². The van der Waals surface area contributed by atoms with E-state index in [1.54, 1.807) is 0 Å². The normalized spacial score (nSPS) is 29.2. The predicted molar refractivity (Wildman–Crippen MR) is 53.2 cm³/mol. The Bertz CT molecular complexity index is 196. The molecule has 0 aliphatic heterocycles. The maximum atomic E-state index is 11.1. The van der Waals surface area contributed by atoms with Crippen LogP contribution in [0, 0.1) is 5.92 Å². The molecule has 3 heteroatoms. The van der Waals surface area contributed by atoms with Crippen molar-refractivity contribution in [1.82, 2.24) is 5.32 Å². The fourth-order valence-corrected chi connectivity index (χ4v) is 2.03. The average molecular weight is 184 g/mol. The highest BCUT2D eigenvalue weighted by molar-refractivity contribution is 5.77. The summed E-state index contributed by atoms with van der Waals surface area (Å²) in [5, 5.41) is 3.45. The summed E-state index contributed by atoms with van der Waals surface area (Å²) in [6, 6.07) is 0.289. The molecule has 13 heavy (non-hydrogen) atoms. The van der Waals surface area contributed by atoms with Crippen LogP contribution in [0.4, 0.5) is 0 Å². The van der Waals surface area contributed by atoms with E-state index in [0.29, 0.717) is 0 Å². The molecule has 1 amide bonds. The lowest BCUT2D eigenvalue weighted by Gasteiger charge is -2.28. The van der Waals surface area contributed by atoms with Gasteiger partial charge in [-0.3, -0.25) is 4.79 Å². The SMILES string of the molecule is CC(C)(C)N[C@@H]1CCC[C@H]1C(N)=O. The Hall–Kier alpha value is -0.570. The first kappa shape index (κ1) is 10.5. The van der Waals surface area contributed by atoms with Crippen LogP contribution >= 0.6 is 0 Å². The number of hydrogen-bond acceptors (Lipinski definition) is 2. The van der Waals surface area contributed by atoms with E-state index in [-0.39, 0.29) is 23.4 Å². The molecule has 0 bridgehead atoms. The number of nitrogens with one attached hydrogen (secondary N) is 1. The highest BCUT2D eigenvalue weighted by atomic mass is 16.1. The molecule has 2 atom stereocenters. The van der Waals surface area contributed by atoms with Gasteiger partial charge < -0.3 is 11.1 Å². The van der Waals surface area contributed by atoms with Crippen LogP contribution in [-0.4, -0.2) is 17.5 Å². The van der Waals surface area contributed by atoms with Crippen molar-refractivity contribution in [2.24, 2.45) is 11.7 Å². The van der Waals surface area contributed by atoms with E-state index in [4.69, 9.17) is 5.73 Å². The van der Waals surface area contributed by atoms with Gasteiger partial charge in [0.15, 0.2) is 0 Å². The number of rotatable bonds is 2. The Morgan fingerprint density at radius 3 is 2.46 bits per heavy atom. The summed E-state index contributed by atoms with van der Waals surface area (Å²) < 4.78 is 0. The van der Waals surface area contributed by atoms with Gasteiger partial charge in [-0.15, -0.1) is 0 Å². The van der Waals surface area contributed by atoms with Crippen molar-refractivity contribution in [2.75, 3.05) is 0 Å². The fraction of sp³-hybridized carbons (Fsp3) is 0.900. The highest BCUT2D eigenvalue weighted by Crippen LogP contribution is 2.26. The molecule has 0 saturated heterocycles. The second-order valence-corrected chi connectivity index (χ2v) is 4.94. The summed E-state index contributed by atoms with van der Waals surface area (Å²) in [4.78, 5) is 11.1. The Labute approximate surface area is 80.1 Å². The molecule has 1 aliphatic carbocycles. The van der Waals surface area contributed by atoms with Gasteiger partial charge in [0.05, 0.1) is 5.92 Å². The van der Waals surface area contributed by atoms with Gasteiger partial charge in [-0.25, -0.2) is 0 Å². The molecule has 0 aromatic carbocycles. The minimum Gasteiger partial charge on any atom is -0.369 e. The van der Waals surface area contributed by atoms with Crippen LogP contribution in [0.25, 0.3) is 0 Å². The number of hydrogen-bond donors (Lipinski definition) is 2. The molecule has 1 saturated carbocycles. The quantitative estimate of drug-likeness (QED) is 0.673. The van der Waals surface area contributed by atoms with E-state index in [2.05, 4.69) is 26.1 Å².